The highest BCUT2D eigenvalue weighted by atomic mass is 35.5. The minimum Gasteiger partial charge on any atom is -0.342 e. The monoisotopic (exact) mass is 205 g/mol. The topological polar surface area (TPSA) is 76.4 Å². The Balaban J connectivity index is 2.96. The van der Waals surface area contributed by atoms with Crippen molar-refractivity contribution >= 4 is 17.8 Å². The number of halogens is 1. The van der Waals surface area contributed by atoms with Crippen molar-refractivity contribution < 1.29 is 14.3 Å². The van der Waals surface area contributed by atoms with Gasteiger partial charge in [0.25, 0.3) is 0 Å². The largest absolute Gasteiger partial charge is 0.377 e. The molecule has 0 aliphatic rings. The van der Waals surface area contributed by atoms with Crippen molar-refractivity contribution in [2.24, 2.45) is 7.05 Å². The highest BCUT2D eigenvalue weighted by Crippen LogP contribution is 2.08. The molecule has 0 aliphatic heterocycles. The van der Waals surface area contributed by atoms with E-state index >= 15 is 0 Å². The Morgan fingerprint density at radius 1 is 1.92 bits per heavy atom. The highest BCUT2D eigenvalue weighted by molar-refractivity contribution is 6.15. The number of hydrogen-bond donors (Lipinski definition) is 2. The fraction of sp³-hybridized carbons (Fsp3) is 0.333. The number of nitrogens with one attached hydrogen (secondary N) is 1. The minimum absolute atomic E-state index is 0.0825. The molecule has 0 radical (unpaired) electrons. The smallest absolute Gasteiger partial charge is 0.342 e. The van der Waals surface area contributed by atoms with Crippen molar-refractivity contribution in [3.63, 3.8) is 0 Å². The molecule has 0 aliphatic carbocycles. The Labute approximate surface area is 79.2 Å². The molecular weight excluding hydrogens is 198 g/mol. The quantitative estimate of drug-likeness (QED) is 0.690. The number of hydroxylamine groups is 1. The van der Waals surface area contributed by atoms with E-state index in [1.807, 2.05) is 5.48 Å². The first-order chi connectivity index (χ1) is 6.19. The van der Waals surface area contributed by atoms with Gasteiger partial charge in [-0.2, -0.15) is 5.10 Å². The third-order valence-electron chi connectivity index (χ3n) is 1.44. The van der Waals surface area contributed by atoms with Crippen molar-refractivity contribution in [1.29, 1.82) is 0 Å². The molecule has 13 heavy (non-hydrogen) atoms. The van der Waals surface area contributed by atoms with Gasteiger partial charge in [-0.05, 0) is 0 Å². The molecule has 72 valence electrons. The van der Waals surface area contributed by atoms with Crippen LogP contribution in [0, 0.1) is 0 Å². The normalized spacial score (nSPS) is 10.1. The Morgan fingerprint density at radius 3 is 3.15 bits per heavy atom. The van der Waals surface area contributed by atoms with Gasteiger partial charge in [0.15, 0.2) is 5.69 Å². The average molecular weight is 206 g/mol. The molecule has 6 nitrogen and oxygen atoms in total. The Morgan fingerprint density at radius 2 is 2.62 bits per heavy atom. The van der Waals surface area contributed by atoms with E-state index in [-0.39, 0.29) is 12.2 Å². The highest BCUT2D eigenvalue weighted by Gasteiger charge is 2.16. The number of carbonyl (C=O) groups is 1. The summed E-state index contributed by atoms with van der Waals surface area (Å²) in [6.07, 6.45) is 1.58. The van der Waals surface area contributed by atoms with Crippen LogP contribution in [0.1, 0.15) is 16.1 Å². The van der Waals surface area contributed by atoms with Crippen LogP contribution in [-0.4, -0.2) is 21.0 Å². The van der Waals surface area contributed by atoms with E-state index in [0.29, 0.717) is 5.56 Å². The lowest BCUT2D eigenvalue weighted by molar-refractivity contribution is 0.0742. The van der Waals surface area contributed by atoms with Gasteiger partial charge in [0.1, 0.15) is 11.9 Å². The van der Waals surface area contributed by atoms with Gasteiger partial charge in [0, 0.05) is 25.4 Å². The Hall–Kier alpha value is -1.11. The molecule has 0 saturated carbocycles. The van der Waals surface area contributed by atoms with E-state index in [1.54, 1.807) is 13.2 Å². The molecule has 1 aromatic rings. The summed E-state index contributed by atoms with van der Waals surface area (Å²) in [5, 5.41) is 12.2. The molecule has 0 atom stereocenters. The van der Waals surface area contributed by atoms with Crippen molar-refractivity contribution in [3.8, 4) is 0 Å². The number of nitrogens with zero attached hydrogens (tertiary/aromatic N) is 2. The van der Waals surface area contributed by atoms with E-state index < -0.39 is 5.97 Å². The third-order valence-corrected chi connectivity index (χ3v) is 1.58. The van der Waals surface area contributed by atoms with E-state index in [9.17, 15) is 4.79 Å². The lowest BCUT2D eigenvalue weighted by atomic mass is 10.2. The predicted octanol–water partition coefficient (Wildman–Crippen LogP) is 0.210. The molecular formula is C6H8ClN3O3. The van der Waals surface area contributed by atoms with E-state index in [1.165, 1.54) is 4.68 Å². The second kappa shape index (κ2) is 4.22. The second-order valence-electron chi connectivity index (χ2n) is 2.38. The number of hydrogen-bond acceptors (Lipinski definition) is 5. The van der Waals surface area contributed by atoms with Gasteiger partial charge in [-0.25, -0.2) is 10.3 Å². The second-order valence-corrected chi connectivity index (χ2v) is 2.53. The molecule has 7 heteroatoms. The maximum absolute atomic E-state index is 11.0. The van der Waals surface area contributed by atoms with Gasteiger partial charge in [-0.3, -0.25) is 4.68 Å². The molecule has 0 unspecified atom stereocenters. The fourth-order valence-electron chi connectivity index (χ4n) is 0.960. The van der Waals surface area contributed by atoms with E-state index in [4.69, 9.17) is 17.1 Å². The molecule has 0 saturated heterocycles. The Bertz CT molecular complexity index is 312. The molecule has 0 fully saturated rings. The molecule has 0 bridgehead atoms. The lowest BCUT2D eigenvalue weighted by Gasteiger charge is -1.95. The summed E-state index contributed by atoms with van der Waals surface area (Å²) in [6.45, 7) is 0.106. The van der Waals surface area contributed by atoms with Crippen LogP contribution < -0.4 is 5.48 Å². The average Bonchev–Trinajstić information content (AvgIpc) is 2.46. The zero-order valence-corrected chi connectivity index (χ0v) is 7.58. The van der Waals surface area contributed by atoms with Gasteiger partial charge in [-0.15, -0.1) is 0 Å². The summed E-state index contributed by atoms with van der Waals surface area (Å²) >= 11 is 4.89. The van der Waals surface area contributed by atoms with Crippen molar-refractivity contribution in [2.75, 3.05) is 0 Å². The first kappa shape index (κ1) is 9.97. The van der Waals surface area contributed by atoms with Crippen molar-refractivity contribution in [2.45, 2.75) is 6.54 Å². The van der Waals surface area contributed by atoms with Crippen LogP contribution in [0.3, 0.4) is 0 Å². The van der Waals surface area contributed by atoms with Crippen LogP contribution in [0.5, 0.6) is 0 Å². The van der Waals surface area contributed by atoms with Crippen LogP contribution in [-0.2, 0) is 17.9 Å². The first-order valence-corrected chi connectivity index (χ1v) is 3.72. The molecule has 2 N–H and O–H groups in total. The zero-order valence-electron chi connectivity index (χ0n) is 6.82. The third kappa shape index (κ3) is 2.18. The Kier molecular flexibility index (Phi) is 3.24. The standard InChI is InChI=1S/C6H8ClN3O3/c1-10-3-4(2-8-12)5(9-10)6(11)13-7/h3,8,12H,2H2,1H3. The number of aryl methyl sites for hydroxylation is 1. The maximum atomic E-state index is 11.0. The van der Waals surface area contributed by atoms with Crippen LogP contribution in [0.4, 0.5) is 0 Å². The summed E-state index contributed by atoms with van der Waals surface area (Å²) in [5.41, 5.74) is 2.50. The molecule has 0 aromatic carbocycles. The molecule has 1 rings (SSSR count). The van der Waals surface area contributed by atoms with E-state index in [0.717, 1.165) is 0 Å². The van der Waals surface area contributed by atoms with Crippen molar-refractivity contribution in [1.82, 2.24) is 15.3 Å². The van der Waals surface area contributed by atoms with Crippen LogP contribution in [0.25, 0.3) is 0 Å². The first-order valence-electron chi connectivity index (χ1n) is 3.41. The van der Waals surface area contributed by atoms with Gasteiger partial charge < -0.3 is 9.50 Å². The van der Waals surface area contributed by atoms with Crippen LogP contribution in [0.15, 0.2) is 6.20 Å². The van der Waals surface area contributed by atoms with E-state index in [2.05, 4.69) is 9.39 Å². The fourth-order valence-corrected chi connectivity index (χ4v) is 1.03. The molecule has 1 aromatic heterocycles. The predicted molar refractivity (Wildman–Crippen MR) is 43.1 cm³/mol. The van der Waals surface area contributed by atoms with Gasteiger partial charge in [0.2, 0.25) is 0 Å². The summed E-state index contributed by atoms with van der Waals surface area (Å²) in [4.78, 5) is 11.0. The summed E-state index contributed by atoms with van der Waals surface area (Å²) in [5.74, 6) is -0.743. The number of carbonyl (C=O) groups excluding carboxylic acids is 1. The van der Waals surface area contributed by atoms with Gasteiger partial charge in [0.05, 0.1) is 0 Å². The zero-order chi connectivity index (χ0) is 9.84. The lowest BCUT2D eigenvalue weighted by Crippen LogP contribution is -2.10. The van der Waals surface area contributed by atoms with Gasteiger partial charge >= 0.3 is 5.97 Å². The molecule has 1 heterocycles. The summed E-state index contributed by atoms with van der Waals surface area (Å²) < 4.78 is 5.41. The summed E-state index contributed by atoms with van der Waals surface area (Å²) in [7, 11) is 1.64. The summed E-state index contributed by atoms with van der Waals surface area (Å²) in [6, 6.07) is 0. The van der Waals surface area contributed by atoms with Gasteiger partial charge in [-0.1, -0.05) is 0 Å². The molecule has 0 amide bonds. The number of aromatic nitrogens is 2. The SMILES string of the molecule is Cn1cc(CNO)c(C(=O)OCl)n1. The minimum atomic E-state index is -0.743. The van der Waals surface area contributed by atoms with Crippen LogP contribution in [0.2, 0.25) is 0 Å². The maximum Gasteiger partial charge on any atom is 0.377 e. The number of rotatable bonds is 3. The van der Waals surface area contributed by atoms with Crippen LogP contribution >= 0.6 is 11.9 Å². The van der Waals surface area contributed by atoms with Crippen molar-refractivity contribution in [3.05, 3.63) is 17.5 Å². The molecule has 0 spiro atoms.